The van der Waals surface area contributed by atoms with Crippen molar-refractivity contribution in [3.63, 3.8) is 0 Å². The van der Waals surface area contributed by atoms with Crippen LogP contribution in [0.2, 0.25) is 0 Å². The smallest absolute Gasteiger partial charge is 0.407 e. The first-order valence-electron chi connectivity index (χ1n) is 14.5. The minimum atomic E-state index is -0.481. The first-order chi connectivity index (χ1) is 22.9. The van der Waals surface area contributed by atoms with Gasteiger partial charge in [-0.1, -0.05) is 36.4 Å². The number of anilines is 2. The van der Waals surface area contributed by atoms with Crippen molar-refractivity contribution in [2.24, 2.45) is 0 Å². The molecule has 0 aliphatic heterocycles. The number of allylic oxidation sites excluding steroid dienone is 1. The van der Waals surface area contributed by atoms with E-state index < -0.39 is 6.09 Å². The highest BCUT2D eigenvalue weighted by molar-refractivity contribution is 7.24. The number of hydrogen-bond donors (Lipinski definition) is 2. The number of nitrogens with two attached hydrogens (primary N) is 1. The molecule has 6 aromatic rings. The monoisotopic (exact) mass is 663 g/mol. The maximum absolute atomic E-state index is 12.3. The van der Waals surface area contributed by atoms with Crippen LogP contribution in [0.15, 0.2) is 89.5 Å². The Morgan fingerprint density at radius 1 is 1.02 bits per heavy atom. The number of nitrogen functional groups attached to an aromatic ring is 1. The fraction of sp³-hybridized carbons (Fsp3) is 0.147. The highest BCUT2D eigenvalue weighted by atomic mass is 32.1. The summed E-state index contributed by atoms with van der Waals surface area (Å²) in [4.78, 5) is 29.9. The van der Waals surface area contributed by atoms with Crippen LogP contribution in [-0.4, -0.2) is 41.2 Å². The molecule has 3 N–H and O–H groups in total. The summed E-state index contributed by atoms with van der Waals surface area (Å²) in [5.74, 6) is 0.654. The topological polar surface area (TPSA) is 152 Å². The zero-order valence-electron chi connectivity index (χ0n) is 25.3. The number of ether oxygens (including phenoxy) is 2. The van der Waals surface area contributed by atoms with E-state index in [-0.39, 0.29) is 12.6 Å². The molecule has 13 heteroatoms. The van der Waals surface area contributed by atoms with Gasteiger partial charge in [0.25, 0.3) is 0 Å². The van der Waals surface area contributed by atoms with Crippen LogP contribution in [0.5, 0.6) is 6.01 Å². The van der Waals surface area contributed by atoms with Crippen molar-refractivity contribution in [2.45, 2.75) is 13.2 Å². The second-order valence-corrected chi connectivity index (χ2v) is 12.5. The average molecular weight is 664 g/mol. The van der Waals surface area contributed by atoms with Gasteiger partial charge in [-0.3, -0.25) is 0 Å². The van der Waals surface area contributed by atoms with Gasteiger partial charge in [0, 0.05) is 34.4 Å². The molecule has 47 heavy (non-hydrogen) atoms. The minimum Gasteiger partial charge on any atom is -0.459 e. The fourth-order valence-electron chi connectivity index (χ4n) is 4.44. The highest BCUT2D eigenvalue weighted by Gasteiger charge is 2.13. The number of thiophene rings is 2. The third-order valence-corrected chi connectivity index (χ3v) is 9.34. The van der Waals surface area contributed by atoms with Gasteiger partial charge >= 0.3 is 12.1 Å². The number of nitrogens with one attached hydrogen (secondary N) is 1. The summed E-state index contributed by atoms with van der Waals surface area (Å²) < 4.78 is 16.7. The number of amides is 1. The molecule has 4 heterocycles. The standard InChI is InChI=1S/C34H29N7O4S2/c1-41(16-17-43-34(42)38-20-22-6-8-23(9-7-22)21-44-33-37-15-14-30(36)40-33)31-13-12-29(47-31)28-11-10-25(46-28)18-24(19-35)32-39-26-4-2-3-5-27(26)45-32/h2-15,18H,16-17,20-21H2,1H3,(H,38,42)(H2,36,37,40)/b24-18+. The van der Waals surface area contributed by atoms with Crippen LogP contribution in [0.4, 0.5) is 15.6 Å². The molecule has 6 rings (SSSR count). The SMILES string of the molecule is CN(CCOC(=O)NCc1ccc(COc2nccc(N)n2)cc1)c1ccc(-c2ccc(/C=C(\C#N)c3nc4ccccc4o3)s2)s1. The second-order valence-electron chi connectivity index (χ2n) is 10.3. The predicted molar refractivity (Wildman–Crippen MR) is 184 cm³/mol. The molecule has 236 valence electrons. The molecule has 0 atom stereocenters. The van der Waals surface area contributed by atoms with Gasteiger partial charge in [-0.25, -0.2) is 14.8 Å². The predicted octanol–water partition coefficient (Wildman–Crippen LogP) is 7.00. The van der Waals surface area contributed by atoms with E-state index in [0.29, 0.717) is 48.1 Å². The summed E-state index contributed by atoms with van der Waals surface area (Å²) in [6.45, 7) is 1.41. The normalized spacial score (nSPS) is 11.3. The van der Waals surface area contributed by atoms with Crippen molar-refractivity contribution in [1.82, 2.24) is 20.3 Å². The maximum atomic E-state index is 12.3. The number of hydrogen-bond acceptors (Lipinski definition) is 12. The molecule has 11 nitrogen and oxygen atoms in total. The van der Waals surface area contributed by atoms with Crippen LogP contribution in [0.1, 0.15) is 21.9 Å². The summed E-state index contributed by atoms with van der Waals surface area (Å²) >= 11 is 3.23. The van der Waals surface area contributed by atoms with Crippen LogP contribution >= 0.6 is 22.7 Å². The number of carbonyl (C=O) groups excluding carboxylic acids is 1. The Kier molecular flexibility index (Phi) is 9.71. The zero-order chi connectivity index (χ0) is 32.6. The van der Waals surface area contributed by atoms with Crippen LogP contribution in [0.3, 0.4) is 0 Å². The average Bonchev–Trinajstić information content (AvgIpc) is 3.86. The van der Waals surface area contributed by atoms with Gasteiger partial charge < -0.3 is 29.8 Å². The number of oxazole rings is 1. The van der Waals surface area contributed by atoms with Crippen LogP contribution in [-0.2, 0) is 17.9 Å². The zero-order valence-corrected chi connectivity index (χ0v) is 26.9. The molecule has 0 saturated heterocycles. The molecule has 0 fully saturated rings. The number of fused-ring (bicyclic) bond motifs is 1. The number of benzene rings is 2. The third kappa shape index (κ3) is 8.12. The number of alkyl carbamates (subject to hydrolysis) is 1. The highest BCUT2D eigenvalue weighted by Crippen LogP contribution is 2.38. The van der Waals surface area contributed by atoms with Crippen molar-refractivity contribution in [3.8, 4) is 21.8 Å². The Bertz CT molecular complexity index is 2030. The third-order valence-electron chi connectivity index (χ3n) is 6.91. The van der Waals surface area contributed by atoms with Crippen molar-refractivity contribution in [2.75, 3.05) is 30.8 Å². The van der Waals surface area contributed by atoms with E-state index in [2.05, 4.69) is 32.4 Å². The number of aromatic nitrogens is 3. The van der Waals surface area contributed by atoms with E-state index in [0.717, 1.165) is 30.8 Å². The summed E-state index contributed by atoms with van der Waals surface area (Å²) in [6.07, 6.45) is 2.86. The largest absolute Gasteiger partial charge is 0.459 e. The number of carbonyl (C=O) groups is 1. The van der Waals surface area contributed by atoms with Gasteiger partial charge in [-0.05, 0) is 59.7 Å². The first-order valence-corrected chi connectivity index (χ1v) is 16.2. The fourth-order valence-corrected chi connectivity index (χ4v) is 6.47. The van der Waals surface area contributed by atoms with Gasteiger partial charge in [0.1, 0.15) is 36.2 Å². The van der Waals surface area contributed by atoms with Crippen molar-refractivity contribution in [3.05, 3.63) is 107 Å². The van der Waals surface area contributed by atoms with E-state index in [1.807, 2.05) is 78.7 Å². The number of nitriles is 1. The van der Waals surface area contributed by atoms with Gasteiger partial charge in [0.05, 0.1) is 11.5 Å². The molecule has 0 radical (unpaired) electrons. The van der Waals surface area contributed by atoms with E-state index in [9.17, 15) is 10.1 Å². The Balaban J connectivity index is 0.946. The molecular formula is C34H29N7O4S2. The molecule has 0 aliphatic carbocycles. The van der Waals surface area contributed by atoms with Gasteiger partial charge in [0.15, 0.2) is 5.58 Å². The Morgan fingerprint density at radius 3 is 2.62 bits per heavy atom. The summed E-state index contributed by atoms with van der Waals surface area (Å²) in [5.41, 5.74) is 9.24. The summed E-state index contributed by atoms with van der Waals surface area (Å²) in [6, 6.07) is 27.2. The number of para-hydroxylation sites is 2. The lowest BCUT2D eigenvalue weighted by Crippen LogP contribution is -2.28. The van der Waals surface area contributed by atoms with E-state index >= 15 is 0 Å². The van der Waals surface area contributed by atoms with E-state index in [1.54, 1.807) is 41.0 Å². The van der Waals surface area contributed by atoms with Gasteiger partial charge in [-0.15, -0.1) is 22.7 Å². The van der Waals surface area contributed by atoms with Crippen LogP contribution in [0.25, 0.3) is 32.5 Å². The molecule has 0 saturated carbocycles. The number of likely N-dealkylation sites (N-methyl/N-ethyl adjacent to an activating group) is 1. The quantitative estimate of drug-likeness (QED) is 0.131. The van der Waals surface area contributed by atoms with Crippen molar-refractivity contribution < 1.29 is 18.7 Å². The molecule has 0 unspecified atom stereocenters. The first kappa shape index (κ1) is 31.3. The Morgan fingerprint density at radius 2 is 1.81 bits per heavy atom. The Hall–Kier alpha value is -5.71. The van der Waals surface area contributed by atoms with Crippen LogP contribution in [0, 0.1) is 11.3 Å². The lowest BCUT2D eigenvalue weighted by molar-refractivity contribution is 0.148. The molecule has 1 amide bonds. The van der Waals surface area contributed by atoms with Crippen LogP contribution < -0.4 is 20.7 Å². The lowest BCUT2D eigenvalue weighted by Gasteiger charge is -2.17. The molecular weight excluding hydrogens is 635 g/mol. The summed E-state index contributed by atoms with van der Waals surface area (Å²) in [5, 5.41) is 13.6. The van der Waals surface area contributed by atoms with Crippen molar-refractivity contribution >= 4 is 62.3 Å². The summed E-state index contributed by atoms with van der Waals surface area (Å²) in [7, 11) is 1.96. The van der Waals surface area contributed by atoms with Gasteiger partial charge in [0.2, 0.25) is 5.89 Å². The maximum Gasteiger partial charge on any atom is 0.407 e. The molecule has 0 bridgehead atoms. The van der Waals surface area contributed by atoms with E-state index in [1.165, 1.54) is 0 Å². The Labute approximate surface area is 278 Å². The molecule has 0 spiro atoms. The number of rotatable bonds is 12. The van der Waals surface area contributed by atoms with Gasteiger partial charge in [-0.2, -0.15) is 10.2 Å². The van der Waals surface area contributed by atoms with E-state index in [4.69, 9.17) is 19.6 Å². The van der Waals surface area contributed by atoms with Crippen molar-refractivity contribution in [1.29, 1.82) is 5.26 Å². The second kappa shape index (κ2) is 14.6. The molecule has 0 aliphatic rings. The molecule has 4 aromatic heterocycles. The minimum absolute atomic E-state index is 0.221. The lowest BCUT2D eigenvalue weighted by atomic mass is 10.1. The molecule has 2 aromatic carbocycles. The number of nitrogens with zero attached hydrogens (tertiary/aromatic N) is 5.